The van der Waals surface area contributed by atoms with Crippen molar-refractivity contribution < 1.29 is 4.79 Å². The molecule has 130 valence electrons. The van der Waals surface area contributed by atoms with E-state index < -0.39 is 0 Å². The molecule has 0 unspecified atom stereocenters. The van der Waals surface area contributed by atoms with Gasteiger partial charge in [-0.3, -0.25) is 19.7 Å². The largest absolute Gasteiger partial charge is 0.268 e. The molecule has 1 amide bonds. The molecule has 0 radical (unpaired) electrons. The molecule has 0 bridgehead atoms. The molecule has 1 aliphatic heterocycles. The van der Waals surface area contributed by atoms with Crippen LogP contribution in [0.4, 0.5) is 5.69 Å². The Labute approximate surface area is 160 Å². The molecule has 1 aromatic heterocycles. The van der Waals surface area contributed by atoms with Crippen LogP contribution in [0.3, 0.4) is 0 Å². The summed E-state index contributed by atoms with van der Waals surface area (Å²) in [5.41, 5.74) is 2.71. The summed E-state index contributed by atoms with van der Waals surface area (Å²) in [4.78, 5) is 24.3. The van der Waals surface area contributed by atoms with Crippen LogP contribution in [-0.4, -0.2) is 22.3 Å². The number of aliphatic imine (C=N–C) groups is 1. The van der Waals surface area contributed by atoms with Crippen LogP contribution in [0.25, 0.3) is 10.9 Å². The van der Waals surface area contributed by atoms with Crippen LogP contribution in [-0.2, 0) is 0 Å². The van der Waals surface area contributed by atoms with E-state index >= 15 is 0 Å². The van der Waals surface area contributed by atoms with Gasteiger partial charge in [-0.2, -0.15) is 0 Å². The number of fused-ring (bicyclic) bond motifs is 2. The lowest BCUT2D eigenvalue weighted by Crippen LogP contribution is -2.32. The van der Waals surface area contributed by atoms with Gasteiger partial charge in [0.15, 0.2) is 0 Å². The molecule has 0 spiro atoms. The fourth-order valence-electron chi connectivity index (χ4n) is 3.15. The Morgan fingerprint density at radius 1 is 1.04 bits per heavy atom. The van der Waals surface area contributed by atoms with Crippen LogP contribution in [0.1, 0.15) is 36.7 Å². The van der Waals surface area contributed by atoms with E-state index in [9.17, 15) is 4.79 Å². The molecule has 0 saturated carbocycles. The zero-order chi connectivity index (χ0) is 18.5. The summed E-state index contributed by atoms with van der Waals surface area (Å²) in [5.74, 6) is 0.589. The highest BCUT2D eigenvalue weighted by atomic mass is 79.9. The van der Waals surface area contributed by atoms with Crippen LogP contribution < -0.4 is 4.90 Å². The standard InChI is InChI=1S/C21H18BrN3O/c1-21(2,3)24-19-16-12-14(22)9-10-15(16)20(26)25(19)17-8-4-6-13-7-5-11-23-18(13)17/h4-12H,1-3H3. The summed E-state index contributed by atoms with van der Waals surface area (Å²) in [5, 5.41) is 0.991. The number of para-hydroxylation sites is 1. The summed E-state index contributed by atoms with van der Waals surface area (Å²) in [6.07, 6.45) is 1.75. The molecule has 5 heteroatoms. The minimum atomic E-state index is -0.324. The first-order valence-electron chi connectivity index (χ1n) is 8.43. The molecule has 0 fully saturated rings. The molecule has 2 heterocycles. The Balaban J connectivity index is 2.00. The van der Waals surface area contributed by atoms with Gasteiger partial charge in [-0.25, -0.2) is 0 Å². The van der Waals surface area contributed by atoms with E-state index in [1.54, 1.807) is 11.1 Å². The number of aromatic nitrogens is 1. The number of hydrogen-bond donors (Lipinski definition) is 0. The Bertz CT molecular complexity index is 1060. The van der Waals surface area contributed by atoms with Crippen molar-refractivity contribution >= 4 is 44.3 Å². The highest BCUT2D eigenvalue weighted by molar-refractivity contribution is 9.10. The van der Waals surface area contributed by atoms with E-state index in [1.165, 1.54) is 0 Å². The third-order valence-electron chi connectivity index (χ3n) is 4.16. The van der Waals surface area contributed by atoms with Crippen molar-refractivity contribution in [1.82, 2.24) is 4.98 Å². The summed E-state index contributed by atoms with van der Waals surface area (Å²) in [7, 11) is 0. The molecule has 4 rings (SSSR count). The van der Waals surface area contributed by atoms with Crippen LogP contribution in [0.2, 0.25) is 0 Å². The molecule has 0 aliphatic carbocycles. The number of carbonyl (C=O) groups is 1. The lowest BCUT2D eigenvalue weighted by molar-refractivity contribution is 0.101. The van der Waals surface area contributed by atoms with E-state index in [4.69, 9.17) is 4.99 Å². The number of anilines is 1. The van der Waals surface area contributed by atoms with Crippen LogP contribution in [0, 0.1) is 0 Å². The molecule has 4 nitrogen and oxygen atoms in total. The SMILES string of the molecule is CC(C)(C)N=C1c2cc(Br)ccc2C(=O)N1c1cccc2cccnc12. The van der Waals surface area contributed by atoms with Crippen molar-refractivity contribution in [1.29, 1.82) is 0 Å². The number of hydrogen-bond acceptors (Lipinski definition) is 3. The lowest BCUT2D eigenvalue weighted by Gasteiger charge is -2.22. The van der Waals surface area contributed by atoms with Gasteiger partial charge in [0.25, 0.3) is 5.91 Å². The van der Waals surface area contributed by atoms with Crippen molar-refractivity contribution in [2.24, 2.45) is 4.99 Å². The Morgan fingerprint density at radius 2 is 1.81 bits per heavy atom. The Hall–Kier alpha value is -2.53. The number of benzene rings is 2. The first-order valence-corrected chi connectivity index (χ1v) is 9.22. The Kier molecular flexibility index (Phi) is 3.92. The number of pyridine rings is 1. The number of halogens is 1. The van der Waals surface area contributed by atoms with Gasteiger partial charge in [-0.05, 0) is 51.1 Å². The van der Waals surface area contributed by atoms with E-state index in [1.807, 2.05) is 69.3 Å². The normalized spacial score (nSPS) is 15.8. The average molecular weight is 408 g/mol. The second-order valence-corrected chi connectivity index (χ2v) is 8.20. The van der Waals surface area contributed by atoms with Gasteiger partial charge >= 0.3 is 0 Å². The van der Waals surface area contributed by atoms with Gasteiger partial charge in [0.1, 0.15) is 5.84 Å². The monoisotopic (exact) mass is 407 g/mol. The Morgan fingerprint density at radius 3 is 2.58 bits per heavy atom. The average Bonchev–Trinajstić information content (AvgIpc) is 2.84. The highest BCUT2D eigenvalue weighted by Crippen LogP contribution is 2.35. The molecule has 0 atom stereocenters. The van der Waals surface area contributed by atoms with Gasteiger partial charge in [0, 0.05) is 21.6 Å². The number of amidine groups is 1. The van der Waals surface area contributed by atoms with Gasteiger partial charge < -0.3 is 0 Å². The maximum atomic E-state index is 13.3. The van der Waals surface area contributed by atoms with Gasteiger partial charge in [-0.1, -0.05) is 34.1 Å². The van der Waals surface area contributed by atoms with E-state index in [2.05, 4.69) is 20.9 Å². The third kappa shape index (κ3) is 2.82. The summed E-state index contributed by atoms with van der Waals surface area (Å²) in [6.45, 7) is 6.08. The molecule has 0 saturated heterocycles. The molecule has 2 aromatic carbocycles. The topological polar surface area (TPSA) is 45.6 Å². The first-order chi connectivity index (χ1) is 12.3. The number of amides is 1. The van der Waals surface area contributed by atoms with Crippen molar-refractivity contribution in [3.63, 3.8) is 0 Å². The molecule has 26 heavy (non-hydrogen) atoms. The molecular formula is C21H18BrN3O. The fourth-order valence-corrected chi connectivity index (χ4v) is 3.51. The van der Waals surface area contributed by atoms with Crippen LogP contribution in [0.5, 0.6) is 0 Å². The van der Waals surface area contributed by atoms with Gasteiger partial charge in [-0.15, -0.1) is 0 Å². The summed E-state index contributed by atoms with van der Waals surface area (Å²) in [6, 6.07) is 15.4. The maximum absolute atomic E-state index is 13.3. The maximum Gasteiger partial charge on any atom is 0.264 e. The van der Waals surface area contributed by atoms with E-state index in [-0.39, 0.29) is 11.4 Å². The number of rotatable bonds is 1. The summed E-state index contributed by atoms with van der Waals surface area (Å²) >= 11 is 3.51. The quantitative estimate of drug-likeness (QED) is 0.556. The summed E-state index contributed by atoms with van der Waals surface area (Å²) < 4.78 is 0.920. The van der Waals surface area contributed by atoms with E-state index in [0.717, 1.165) is 26.6 Å². The second kappa shape index (κ2) is 6.02. The van der Waals surface area contributed by atoms with Crippen molar-refractivity contribution in [2.45, 2.75) is 26.3 Å². The van der Waals surface area contributed by atoms with Crippen molar-refractivity contribution in [2.75, 3.05) is 4.90 Å². The molecule has 3 aromatic rings. The second-order valence-electron chi connectivity index (χ2n) is 7.29. The van der Waals surface area contributed by atoms with Gasteiger partial charge in [0.05, 0.1) is 22.3 Å². The third-order valence-corrected chi connectivity index (χ3v) is 4.65. The molecule has 0 N–H and O–H groups in total. The fraction of sp³-hybridized carbons (Fsp3) is 0.190. The first kappa shape index (κ1) is 16.9. The smallest absolute Gasteiger partial charge is 0.264 e. The molecule has 1 aliphatic rings. The van der Waals surface area contributed by atoms with Crippen LogP contribution >= 0.6 is 15.9 Å². The van der Waals surface area contributed by atoms with Crippen LogP contribution in [0.15, 0.2) is 64.2 Å². The van der Waals surface area contributed by atoms with Crippen molar-refractivity contribution in [3.8, 4) is 0 Å². The zero-order valence-corrected chi connectivity index (χ0v) is 16.4. The van der Waals surface area contributed by atoms with Gasteiger partial charge in [0.2, 0.25) is 0 Å². The number of carbonyl (C=O) groups excluding carboxylic acids is 1. The minimum Gasteiger partial charge on any atom is -0.268 e. The predicted molar refractivity (Wildman–Crippen MR) is 109 cm³/mol. The highest BCUT2D eigenvalue weighted by Gasteiger charge is 2.36. The zero-order valence-electron chi connectivity index (χ0n) is 14.8. The minimum absolute atomic E-state index is 0.0753. The predicted octanol–water partition coefficient (Wildman–Crippen LogP) is 5.20. The van der Waals surface area contributed by atoms with E-state index in [0.29, 0.717) is 11.4 Å². The molecular weight excluding hydrogens is 390 g/mol. The van der Waals surface area contributed by atoms with Crippen molar-refractivity contribution in [3.05, 3.63) is 70.3 Å². The number of nitrogens with zero attached hydrogens (tertiary/aromatic N) is 3. The lowest BCUT2D eigenvalue weighted by atomic mass is 10.1.